The lowest BCUT2D eigenvalue weighted by Crippen LogP contribution is -2.32. The first-order chi connectivity index (χ1) is 8.22. The number of nitrogens with two attached hydrogens (primary N) is 1. The maximum absolute atomic E-state index is 10.9. The molecule has 1 fully saturated rings. The number of likely N-dealkylation sites (tertiary alicyclic amines) is 1. The topological polar surface area (TPSA) is 66.6 Å². The molecule has 2 rings (SSSR count). The van der Waals surface area contributed by atoms with Crippen molar-refractivity contribution in [1.82, 2.24) is 4.90 Å². The van der Waals surface area contributed by atoms with Crippen molar-refractivity contribution in [3.05, 3.63) is 35.9 Å². The van der Waals surface area contributed by atoms with Gasteiger partial charge in [-0.3, -0.25) is 9.69 Å². The number of carboxylic acid groups (broad SMARTS) is 1. The molecule has 1 aromatic carbocycles. The minimum Gasteiger partial charge on any atom is -0.481 e. The highest BCUT2D eigenvalue weighted by atomic mass is 16.4. The molecule has 1 aromatic rings. The van der Waals surface area contributed by atoms with Gasteiger partial charge in [0.05, 0.1) is 5.92 Å². The zero-order chi connectivity index (χ0) is 12.3. The minimum atomic E-state index is -0.698. The summed E-state index contributed by atoms with van der Waals surface area (Å²) in [6.07, 6.45) is 0.721. The van der Waals surface area contributed by atoms with Crippen LogP contribution < -0.4 is 5.73 Å². The average Bonchev–Trinajstić information content (AvgIpc) is 2.81. The van der Waals surface area contributed by atoms with Crippen LogP contribution in [0.3, 0.4) is 0 Å². The summed E-state index contributed by atoms with van der Waals surface area (Å²) in [7, 11) is 0. The van der Waals surface area contributed by atoms with Gasteiger partial charge in [-0.15, -0.1) is 0 Å². The molecular formula is C13H18N2O2. The van der Waals surface area contributed by atoms with E-state index >= 15 is 0 Å². The highest BCUT2D eigenvalue weighted by Crippen LogP contribution is 2.26. The zero-order valence-electron chi connectivity index (χ0n) is 9.75. The molecule has 0 saturated carbocycles. The van der Waals surface area contributed by atoms with Crippen LogP contribution in [0.2, 0.25) is 0 Å². The summed E-state index contributed by atoms with van der Waals surface area (Å²) in [5, 5.41) is 9.00. The highest BCUT2D eigenvalue weighted by molar-refractivity contribution is 5.70. The summed E-state index contributed by atoms with van der Waals surface area (Å²) in [5.74, 6) is -0.941. The fourth-order valence-corrected chi connectivity index (χ4v) is 2.44. The van der Waals surface area contributed by atoms with Gasteiger partial charge in [-0.2, -0.15) is 0 Å². The van der Waals surface area contributed by atoms with Gasteiger partial charge in [0.1, 0.15) is 0 Å². The Morgan fingerprint density at radius 2 is 2.18 bits per heavy atom. The van der Waals surface area contributed by atoms with Crippen molar-refractivity contribution in [1.29, 1.82) is 0 Å². The van der Waals surface area contributed by atoms with E-state index in [0.29, 0.717) is 13.1 Å². The third-order valence-corrected chi connectivity index (χ3v) is 3.42. The fourth-order valence-electron chi connectivity index (χ4n) is 2.44. The summed E-state index contributed by atoms with van der Waals surface area (Å²) >= 11 is 0. The number of carboxylic acids is 1. The Labute approximate surface area is 101 Å². The van der Waals surface area contributed by atoms with E-state index in [-0.39, 0.29) is 12.0 Å². The molecule has 1 aliphatic rings. The molecule has 0 aromatic heterocycles. The van der Waals surface area contributed by atoms with Gasteiger partial charge in [-0.05, 0) is 18.5 Å². The van der Waals surface area contributed by atoms with Gasteiger partial charge in [0.15, 0.2) is 0 Å². The molecule has 1 heterocycles. The van der Waals surface area contributed by atoms with E-state index < -0.39 is 5.97 Å². The molecule has 0 aliphatic carbocycles. The van der Waals surface area contributed by atoms with Crippen LogP contribution in [0.4, 0.5) is 0 Å². The van der Waals surface area contributed by atoms with Gasteiger partial charge in [-0.1, -0.05) is 30.3 Å². The Bertz CT molecular complexity index is 380. The molecular weight excluding hydrogens is 216 g/mol. The molecule has 17 heavy (non-hydrogen) atoms. The molecule has 4 heteroatoms. The Balaban J connectivity index is 2.08. The van der Waals surface area contributed by atoms with Crippen LogP contribution in [0.15, 0.2) is 30.3 Å². The van der Waals surface area contributed by atoms with Gasteiger partial charge in [0.25, 0.3) is 0 Å². The molecule has 1 saturated heterocycles. The summed E-state index contributed by atoms with van der Waals surface area (Å²) in [6.45, 7) is 1.94. The summed E-state index contributed by atoms with van der Waals surface area (Å²) in [5.41, 5.74) is 6.98. The summed E-state index contributed by atoms with van der Waals surface area (Å²) < 4.78 is 0. The average molecular weight is 234 g/mol. The molecule has 4 nitrogen and oxygen atoms in total. The van der Waals surface area contributed by atoms with E-state index in [1.165, 1.54) is 5.56 Å². The van der Waals surface area contributed by atoms with Gasteiger partial charge in [-0.25, -0.2) is 0 Å². The second-order valence-corrected chi connectivity index (χ2v) is 4.48. The second-order valence-electron chi connectivity index (χ2n) is 4.48. The third kappa shape index (κ3) is 2.65. The summed E-state index contributed by atoms with van der Waals surface area (Å²) in [6, 6.07) is 10.2. The number of carbonyl (C=O) groups is 1. The van der Waals surface area contributed by atoms with Gasteiger partial charge >= 0.3 is 5.97 Å². The van der Waals surface area contributed by atoms with E-state index in [9.17, 15) is 4.79 Å². The van der Waals surface area contributed by atoms with Crippen LogP contribution in [0.25, 0.3) is 0 Å². The Hall–Kier alpha value is -1.39. The number of rotatable bonds is 4. The molecule has 1 aliphatic heterocycles. The van der Waals surface area contributed by atoms with Crippen LogP contribution in [-0.4, -0.2) is 35.6 Å². The minimum absolute atomic E-state index is 0.139. The predicted octanol–water partition coefficient (Wildman–Crippen LogP) is 1.09. The first-order valence-electron chi connectivity index (χ1n) is 5.94. The molecule has 0 spiro atoms. The lowest BCUT2D eigenvalue weighted by Gasteiger charge is -2.26. The molecule has 3 N–H and O–H groups in total. The molecule has 0 amide bonds. The number of hydrogen-bond acceptors (Lipinski definition) is 3. The Morgan fingerprint density at radius 3 is 2.71 bits per heavy atom. The number of benzene rings is 1. The number of hydrogen-bond donors (Lipinski definition) is 2. The van der Waals surface area contributed by atoms with E-state index in [1.807, 2.05) is 30.3 Å². The van der Waals surface area contributed by atoms with Gasteiger partial charge in [0, 0.05) is 19.1 Å². The lowest BCUT2D eigenvalue weighted by atomic mass is 10.1. The van der Waals surface area contributed by atoms with Crippen LogP contribution in [0.5, 0.6) is 0 Å². The molecule has 92 valence electrons. The van der Waals surface area contributed by atoms with Crippen molar-refractivity contribution in [3.63, 3.8) is 0 Å². The predicted molar refractivity (Wildman–Crippen MR) is 65.6 cm³/mol. The maximum atomic E-state index is 10.9. The van der Waals surface area contributed by atoms with Crippen molar-refractivity contribution in [2.75, 3.05) is 19.6 Å². The van der Waals surface area contributed by atoms with Crippen molar-refractivity contribution < 1.29 is 9.90 Å². The highest BCUT2D eigenvalue weighted by Gasteiger charge is 2.32. The molecule has 0 radical (unpaired) electrons. The van der Waals surface area contributed by atoms with Crippen molar-refractivity contribution in [2.45, 2.75) is 12.5 Å². The van der Waals surface area contributed by atoms with E-state index in [0.717, 1.165) is 13.0 Å². The van der Waals surface area contributed by atoms with Crippen molar-refractivity contribution >= 4 is 5.97 Å². The van der Waals surface area contributed by atoms with Crippen LogP contribution in [0.1, 0.15) is 18.0 Å². The summed E-state index contributed by atoms with van der Waals surface area (Å²) in [4.78, 5) is 13.1. The monoisotopic (exact) mass is 234 g/mol. The number of nitrogens with zero attached hydrogens (tertiary/aromatic N) is 1. The zero-order valence-corrected chi connectivity index (χ0v) is 9.75. The third-order valence-electron chi connectivity index (χ3n) is 3.42. The normalized spacial score (nSPS) is 22.5. The van der Waals surface area contributed by atoms with Crippen LogP contribution >= 0.6 is 0 Å². The quantitative estimate of drug-likeness (QED) is 0.818. The number of aliphatic carboxylic acids is 1. The van der Waals surface area contributed by atoms with Crippen LogP contribution in [0, 0.1) is 5.92 Å². The maximum Gasteiger partial charge on any atom is 0.307 e. The standard InChI is InChI=1S/C13H18N2O2/c14-8-12(10-4-2-1-3-5-10)15-7-6-11(9-15)13(16)17/h1-5,11-12H,6-9,14H2,(H,16,17)/t11-,12+/m0/s1. The van der Waals surface area contributed by atoms with E-state index in [1.54, 1.807) is 0 Å². The van der Waals surface area contributed by atoms with Gasteiger partial charge < -0.3 is 10.8 Å². The second kappa shape index (κ2) is 5.29. The van der Waals surface area contributed by atoms with Gasteiger partial charge in [0.2, 0.25) is 0 Å². The molecule has 0 unspecified atom stereocenters. The SMILES string of the molecule is NC[C@H](c1ccccc1)N1CC[C@H](C(=O)O)C1. The van der Waals surface area contributed by atoms with Crippen molar-refractivity contribution in [3.8, 4) is 0 Å². The van der Waals surface area contributed by atoms with E-state index in [2.05, 4.69) is 4.90 Å². The largest absolute Gasteiger partial charge is 0.481 e. The Morgan fingerprint density at radius 1 is 1.47 bits per heavy atom. The lowest BCUT2D eigenvalue weighted by molar-refractivity contribution is -0.141. The molecule has 0 bridgehead atoms. The van der Waals surface area contributed by atoms with Crippen LogP contribution in [-0.2, 0) is 4.79 Å². The first-order valence-corrected chi connectivity index (χ1v) is 5.94. The van der Waals surface area contributed by atoms with Crippen molar-refractivity contribution in [2.24, 2.45) is 11.7 Å². The smallest absolute Gasteiger partial charge is 0.307 e. The molecule has 2 atom stereocenters. The Kier molecular flexibility index (Phi) is 3.76. The fraction of sp³-hybridized carbons (Fsp3) is 0.462. The van der Waals surface area contributed by atoms with E-state index in [4.69, 9.17) is 10.8 Å². The first kappa shape index (κ1) is 12.1.